The molecule has 0 fully saturated rings. The molecule has 0 saturated heterocycles. The number of carbonyl (C=O) groups excluding carboxylic acids is 1. The first-order chi connectivity index (χ1) is 8.72. The van der Waals surface area contributed by atoms with Crippen molar-refractivity contribution in [1.29, 1.82) is 0 Å². The van der Waals surface area contributed by atoms with E-state index in [1.54, 1.807) is 0 Å². The summed E-state index contributed by atoms with van der Waals surface area (Å²) in [6.45, 7) is 0.830. The lowest BCUT2D eigenvalue weighted by Gasteiger charge is -2.10. The van der Waals surface area contributed by atoms with Crippen LogP contribution in [0, 0.1) is 0 Å². The molecule has 0 radical (unpaired) electrons. The van der Waals surface area contributed by atoms with Gasteiger partial charge < -0.3 is 14.6 Å². The van der Waals surface area contributed by atoms with E-state index in [2.05, 4.69) is 0 Å². The van der Waals surface area contributed by atoms with Crippen LogP contribution in [0.2, 0.25) is 0 Å². The van der Waals surface area contributed by atoms with Gasteiger partial charge in [-0.15, -0.1) is 0 Å². The maximum absolute atomic E-state index is 11.2. The molecule has 1 aromatic rings. The SMILES string of the molecule is COCC(=O)CCC(O)COCc1ccccc1. The zero-order valence-electron chi connectivity index (χ0n) is 10.7. The highest BCUT2D eigenvalue weighted by atomic mass is 16.5. The molecule has 0 spiro atoms. The van der Waals surface area contributed by atoms with Crippen LogP contribution in [0.1, 0.15) is 18.4 Å². The number of Topliss-reactive ketones (excluding diaryl/α,β-unsaturated/α-hetero) is 1. The molecule has 0 aliphatic carbocycles. The third-order valence-electron chi connectivity index (χ3n) is 2.48. The molecule has 1 atom stereocenters. The molecule has 1 unspecified atom stereocenters. The third kappa shape index (κ3) is 6.49. The standard InChI is InChI=1S/C14H20O4/c1-17-10-13(15)7-8-14(16)11-18-9-12-5-3-2-4-6-12/h2-6,14,16H,7-11H2,1H3. The van der Waals surface area contributed by atoms with Gasteiger partial charge >= 0.3 is 0 Å². The fourth-order valence-electron chi connectivity index (χ4n) is 1.53. The number of hydrogen-bond donors (Lipinski definition) is 1. The van der Waals surface area contributed by atoms with E-state index in [1.165, 1.54) is 7.11 Å². The number of carbonyl (C=O) groups is 1. The van der Waals surface area contributed by atoms with Gasteiger partial charge in [0.1, 0.15) is 6.61 Å². The number of aliphatic hydroxyl groups is 1. The van der Waals surface area contributed by atoms with Crippen LogP contribution in [-0.2, 0) is 20.9 Å². The molecule has 1 N–H and O–H groups in total. The highest BCUT2D eigenvalue weighted by Gasteiger charge is 2.08. The highest BCUT2D eigenvalue weighted by molar-refractivity contribution is 5.79. The summed E-state index contributed by atoms with van der Waals surface area (Å²) in [5.74, 6) is -0.000362. The molecule has 18 heavy (non-hydrogen) atoms. The summed E-state index contributed by atoms with van der Waals surface area (Å²) < 4.78 is 10.1. The predicted molar refractivity (Wildman–Crippen MR) is 68.2 cm³/mol. The lowest BCUT2D eigenvalue weighted by atomic mass is 10.1. The van der Waals surface area contributed by atoms with E-state index in [0.29, 0.717) is 19.4 Å². The maximum atomic E-state index is 11.2. The van der Waals surface area contributed by atoms with Crippen LogP contribution in [0.15, 0.2) is 30.3 Å². The minimum Gasteiger partial charge on any atom is -0.391 e. The lowest BCUT2D eigenvalue weighted by Crippen LogP contribution is -2.18. The van der Waals surface area contributed by atoms with Gasteiger partial charge in [-0.1, -0.05) is 30.3 Å². The second-order valence-electron chi connectivity index (χ2n) is 4.16. The Morgan fingerprint density at radius 1 is 1.33 bits per heavy atom. The molecule has 4 nitrogen and oxygen atoms in total. The number of aliphatic hydroxyl groups excluding tert-OH is 1. The third-order valence-corrected chi connectivity index (χ3v) is 2.48. The van der Waals surface area contributed by atoms with Crippen LogP contribution in [0.3, 0.4) is 0 Å². The van der Waals surface area contributed by atoms with E-state index >= 15 is 0 Å². The molecular weight excluding hydrogens is 232 g/mol. The van der Waals surface area contributed by atoms with Crippen molar-refractivity contribution in [3.05, 3.63) is 35.9 Å². The molecule has 100 valence electrons. The van der Waals surface area contributed by atoms with Gasteiger partial charge in [-0.2, -0.15) is 0 Å². The van der Waals surface area contributed by atoms with E-state index in [-0.39, 0.29) is 19.0 Å². The van der Waals surface area contributed by atoms with Crippen LogP contribution >= 0.6 is 0 Å². The molecule has 1 aromatic carbocycles. The van der Waals surface area contributed by atoms with Crippen molar-refractivity contribution in [2.75, 3.05) is 20.3 Å². The number of ether oxygens (including phenoxy) is 2. The lowest BCUT2D eigenvalue weighted by molar-refractivity contribution is -0.123. The van der Waals surface area contributed by atoms with Crippen molar-refractivity contribution in [2.45, 2.75) is 25.6 Å². The van der Waals surface area contributed by atoms with E-state index in [4.69, 9.17) is 9.47 Å². The molecule has 1 rings (SSSR count). The second-order valence-corrected chi connectivity index (χ2v) is 4.16. The van der Waals surface area contributed by atoms with Crippen LogP contribution in [0.5, 0.6) is 0 Å². The van der Waals surface area contributed by atoms with Gasteiger partial charge in [0.2, 0.25) is 0 Å². The van der Waals surface area contributed by atoms with Crippen molar-refractivity contribution in [3.8, 4) is 0 Å². The summed E-state index contributed by atoms with van der Waals surface area (Å²) in [7, 11) is 1.48. The van der Waals surface area contributed by atoms with Gasteiger partial charge in [-0.05, 0) is 12.0 Å². The van der Waals surface area contributed by atoms with Crippen LogP contribution < -0.4 is 0 Å². The summed E-state index contributed by atoms with van der Waals surface area (Å²) in [5, 5.41) is 9.63. The largest absolute Gasteiger partial charge is 0.391 e. The Hall–Kier alpha value is -1.23. The Balaban J connectivity index is 2.10. The van der Waals surface area contributed by atoms with Crippen molar-refractivity contribution in [3.63, 3.8) is 0 Å². The first-order valence-electron chi connectivity index (χ1n) is 6.02. The first kappa shape index (κ1) is 14.8. The number of rotatable bonds is 9. The van der Waals surface area contributed by atoms with Crippen LogP contribution in [-0.4, -0.2) is 37.3 Å². The first-order valence-corrected chi connectivity index (χ1v) is 6.02. The van der Waals surface area contributed by atoms with E-state index in [0.717, 1.165) is 5.56 Å². The Kier molecular flexibility index (Phi) is 7.25. The Morgan fingerprint density at radius 2 is 2.06 bits per heavy atom. The minimum atomic E-state index is -0.602. The number of hydrogen-bond acceptors (Lipinski definition) is 4. The normalized spacial score (nSPS) is 12.3. The topological polar surface area (TPSA) is 55.8 Å². The van der Waals surface area contributed by atoms with Crippen molar-refractivity contribution in [1.82, 2.24) is 0 Å². The summed E-state index contributed by atoms with van der Waals surface area (Å²) in [5.41, 5.74) is 1.07. The van der Waals surface area contributed by atoms with E-state index in [1.807, 2.05) is 30.3 Å². The molecule has 0 saturated carbocycles. The quantitative estimate of drug-likeness (QED) is 0.724. The molecule has 0 aliphatic rings. The van der Waals surface area contributed by atoms with Crippen molar-refractivity contribution >= 4 is 5.78 Å². The smallest absolute Gasteiger partial charge is 0.158 e. The Labute approximate surface area is 108 Å². The van der Waals surface area contributed by atoms with Gasteiger partial charge in [0, 0.05) is 13.5 Å². The van der Waals surface area contributed by atoms with Crippen LogP contribution in [0.25, 0.3) is 0 Å². The van der Waals surface area contributed by atoms with Gasteiger partial charge in [0.25, 0.3) is 0 Å². The molecule has 0 amide bonds. The summed E-state index contributed by atoms with van der Waals surface area (Å²) in [6, 6.07) is 9.76. The molecule has 0 aromatic heterocycles. The van der Waals surface area contributed by atoms with Crippen LogP contribution in [0.4, 0.5) is 0 Å². The zero-order chi connectivity index (χ0) is 13.2. The summed E-state index contributed by atoms with van der Waals surface area (Å²) in [4.78, 5) is 11.2. The van der Waals surface area contributed by atoms with Gasteiger partial charge in [-0.25, -0.2) is 0 Å². The number of methoxy groups -OCH3 is 1. The van der Waals surface area contributed by atoms with Crippen molar-refractivity contribution < 1.29 is 19.4 Å². The van der Waals surface area contributed by atoms with Crippen molar-refractivity contribution in [2.24, 2.45) is 0 Å². The van der Waals surface area contributed by atoms with Gasteiger partial charge in [0.05, 0.1) is 19.3 Å². The molecule has 0 aliphatic heterocycles. The van der Waals surface area contributed by atoms with Gasteiger partial charge in [0.15, 0.2) is 5.78 Å². The predicted octanol–water partition coefficient (Wildman–Crippen LogP) is 1.56. The second kappa shape index (κ2) is 8.80. The molecular formula is C14H20O4. The minimum absolute atomic E-state index is 0.000362. The average Bonchev–Trinajstić information content (AvgIpc) is 2.38. The monoisotopic (exact) mass is 252 g/mol. The molecule has 0 heterocycles. The Morgan fingerprint density at radius 3 is 2.72 bits per heavy atom. The number of benzene rings is 1. The highest BCUT2D eigenvalue weighted by Crippen LogP contribution is 2.03. The fraction of sp³-hybridized carbons (Fsp3) is 0.500. The summed E-state index contributed by atoms with van der Waals surface area (Å²) in [6.07, 6.45) is 0.134. The van der Waals surface area contributed by atoms with Gasteiger partial charge in [-0.3, -0.25) is 4.79 Å². The van der Waals surface area contributed by atoms with E-state index < -0.39 is 6.10 Å². The van der Waals surface area contributed by atoms with E-state index in [9.17, 15) is 9.90 Å². The molecule has 0 bridgehead atoms. The zero-order valence-corrected chi connectivity index (χ0v) is 10.7. The summed E-state index contributed by atoms with van der Waals surface area (Å²) >= 11 is 0. The maximum Gasteiger partial charge on any atom is 0.158 e. The average molecular weight is 252 g/mol. The molecule has 4 heteroatoms. The Bertz CT molecular complexity index is 337. The number of ketones is 1. The fourth-order valence-corrected chi connectivity index (χ4v) is 1.53.